The van der Waals surface area contributed by atoms with Crippen LogP contribution >= 0.6 is 0 Å². The molecule has 1 fully saturated rings. The van der Waals surface area contributed by atoms with Crippen molar-refractivity contribution >= 4 is 10.9 Å². The van der Waals surface area contributed by atoms with Gasteiger partial charge in [-0.05, 0) is 48.9 Å². The van der Waals surface area contributed by atoms with Crippen molar-refractivity contribution < 1.29 is 18.6 Å². The minimum absolute atomic E-state index is 0.281. The lowest BCUT2D eigenvalue weighted by atomic mass is 10.0. The third-order valence-corrected chi connectivity index (χ3v) is 4.94. The number of pyridine rings is 1. The molecule has 0 spiro atoms. The molecular weight excluding hydrogens is 312 g/mol. The molecule has 0 amide bonds. The summed E-state index contributed by atoms with van der Waals surface area (Å²) < 4.78 is 34.0. The molecule has 2 atom stereocenters. The lowest BCUT2D eigenvalue weighted by molar-refractivity contribution is -0.0220. The molecule has 1 aliphatic carbocycles. The number of fused-ring (bicyclic) bond motifs is 1. The molecule has 1 N–H and O–H groups in total. The molecule has 1 unspecified atom stereocenters. The van der Waals surface area contributed by atoms with Crippen LogP contribution in [0.4, 0.5) is 8.78 Å². The summed E-state index contributed by atoms with van der Waals surface area (Å²) in [7, 11) is 1.53. The number of alkyl halides is 2. The van der Waals surface area contributed by atoms with Gasteiger partial charge in [0.2, 0.25) is 0 Å². The second-order valence-electron chi connectivity index (χ2n) is 6.84. The Morgan fingerprint density at radius 2 is 2.04 bits per heavy atom. The van der Waals surface area contributed by atoms with E-state index in [-0.39, 0.29) is 6.42 Å². The summed E-state index contributed by atoms with van der Waals surface area (Å²) in [5.41, 5.74) is -0.102. The number of hydrogen-bond donors (Lipinski definition) is 1. The summed E-state index contributed by atoms with van der Waals surface area (Å²) in [5, 5.41) is 10.6. The second-order valence-corrected chi connectivity index (χ2v) is 6.84. The third-order valence-electron chi connectivity index (χ3n) is 4.94. The highest BCUT2D eigenvalue weighted by molar-refractivity contribution is 5.82. The predicted octanol–water partition coefficient (Wildman–Crippen LogP) is 5.26. The Morgan fingerprint density at radius 1 is 1.29 bits per heavy atom. The topological polar surface area (TPSA) is 42.4 Å². The molecule has 1 aliphatic rings. The molecule has 5 heteroatoms. The molecule has 0 aliphatic heterocycles. The first-order valence-electron chi connectivity index (χ1n) is 8.47. The first kappa shape index (κ1) is 16.9. The number of rotatable bonds is 7. The van der Waals surface area contributed by atoms with Gasteiger partial charge in [-0.1, -0.05) is 19.8 Å². The number of nitrogens with zero attached hydrogens (tertiary/aromatic N) is 1. The Bertz CT molecular complexity index is 733. The lowest BCUT2D eigenvalue weighted by Gasteiger charge is -2.17. The first-order chi connectivity index (χ1) is 11.4. The van der Waals surface area contributed by atoms with E-state index in [2.05, 4.69) is 11.9 Å². The smallest absolute Gasteiger partial charge is 0.293 e. The Kier molecular flexibility index (Phi) is 4.61. The molecule has 0 saturated heterocycles. The van der Waals surface area contributed by atoms with Crippen molar-refractivity contribution in [2.45, 2.75) is 45.0 Å². The summed E-state index contributed by atoms with van der Waals surface area (Å²) in [4.78, 5) is 4.00. The number of halogens is 2. The van der Waals surface area contributed by atoms with Gasteiger partial charge in [-0.15, -0.1) is 0 Å². The van der Waals surface area contributed by atoms with Gasteiger partial charge in [-0.25, -0.2) is 4.98 Å². The van der Waals surface area contributed by atoms with Gasteiger partial charge >= 0.3 is 0 Å². The largest absolute Gasteiger partial charge is 0.506 e. The van der Waals surface area contributed by atoms with Gasteiger partial charge in [0.25, 0.3) is 5.92 Å². The summed E-state index contributed by atoms with van der Waals surface area (Å²) >= 11 is 0. The summed E-state index contributed by atoms with van der Waals surface area (Å²) in [6.45, 7) is 2.20. The van der Waals surface area contributed by atoms with Crippen molar-refractivity contribution in [1.29, 1.82) is 0 Å². The van der Waals surface area contributed by atoms with Crippen LogP contribution in [0, 0.1) is 11.8 Å². The van der Waals surface area contributed by atoms with E-state index >= 15 is 0 Å². The van der Waals surface area contributed by atoms with Crippen LogP contribution in [0.2, 0.25) is 0 Å². The minimum atomic E-state index is -3.12. The van der Waals surface area contributed by atoms with Crippen molar-refractivity contribution in [3.8, 4) is 11.5 Å². The zero-order chi connectivity index (χ0) is 17.3. The van der Waals surface area contributed by atoms with E-state index < -0.39 is 17.4 Å². The van der Waals surface area contributed by atoms with E-state index in [0.29, 0.717) is 23.1 Å². The summed E-state index contributed by atoms with van der Waals surface area (Å²) in [5.74, 6) is -1.50. The molecule has 24 heavy (non-hydrogen) atoms. The normalized spacial score (nSPS) is 20.3. The zero-order valence-electron chi connectivity index (χ0n) is 14.1. The van der Waals surface area contributed by atoms with Crippen LogP contribution in [0.15, 0.2) is 24.3 Å². The van der Waals surface area contributed by atoms with Crippen molar-refractivity contribution in [3.05, 3.63) is 30.0 Å². The fourth-order valence-electron chi connectivity index (χ4n) is 3.21. The number of aromatic hydroxyl groups is 1. The number of unbranched alkanes of at least 4 members (excludes halogenated alkanes) is 1. The van der Waals surface area contributed by atoms with E-state index in [1.807, 2.05) is 0 Å². The van der Waals surface area contributed by atoms with Crippen molar-refractivity contribution in [2.75, 3.05) is 7.11 Å². The van der Waals surface area contributed by atoms with Crippen LogP contribution in [-0.2, 0) is 5.92 Å². The van der Waals surface area contributed by atoms with Crippen molar-refractivity contribution in [3.63, 3.8) is 0 Å². The van der Waals surface area contributed by atoms with Crippen LogP contribution < -0.4 is 4.74 Å². The maximum Gasteiger partial charge on any atom is 0.293 e. The fourth-order valence-corrected chi connectivity index (χ4v) is 3.21. The average Bonchev–Trinajstić information content (AvgIpc) is 3.25. The highest BCUT2D eigenvalue weighted by atomic mass is 19.3. The molecule has 1 saturated carbocycles. The van der Waals surface area contributed by atoms with Gasteiger partial charge in [0.1, 0.15) is 11.5 Å². The number of methoxy groups -OCH3 is 1. The number of hydrogen-bond acceptors (Lipinski definition) is 3. The molecule has 130 valence electrons. The maximum absolute atomic E-state index is 14.5. The van der Waals surface area contributed by atoms with Crippen LogP contribution in [0.25, 0.3) is 10.9 Å². The quantitative estimate of drug-likeness (QED) is 0.702. The van der Waals surface area contributed by atoms with Crippen molar-refractivity contribution in [2.24, 2.45) is 11.8 Å². The molecule has 1 aromatic carbocycles. The summed E-state index contributed by atoms with van der Waals surface area (Å²) in [6.07, 6.45) is 3.21. The van der Waals surface area contributed by atoms with Gasteiger partial charge in [0, 0.05) is 11.8 Å². The van der Waals surface area contributed by atoms with Crippen molar-refractivity contribution in [1.82, 2.24) is 4.98 Å². The van der Waals surface area contributed by atoms with E-state index in [0.717, 1.165) is 24.7 Å². The highest BCUT2D eigenvalue weighted by Crippen LogP contribution is 2.43. The third kappa shape index (κ3) is 3.60. The Labute approximate surface area is 140 Å². The SMILES string of the molecule is COc1ccc2nc(C(F)(F)CCCC[C@@H]3CC3C)c(O)cc2c1. The standard InChI is InChI=1S/C19H23F2NO2/c1-12-9-13(12)5-3-4-8-19(20,21)18-17(23)11-14-10-15(24-2)6-7-16(14)22-18/h6-7,10-13,23H,3-5,8-9H2,1-2H3/t12?,13-/m1/s1. The predicted molar refractivity (Wildman–Crippen MR) is 89.6 cm³/mol. The molecule has 1 aromatic heterocycles. The molecule has 2 aromatic rings. The number of aromatic nitrogens is 1. The maximum atomic E-state index is 14.5. The Hall–Kier alpha value is -1.91. The van der Waals surface area contributed by atoms with Crippen LogP contribution in [0.1, 0.15) is 44.7 Å². The Morgan fingerprint density at radius 3 is 2.71 bits per heavy atom. The van der Waals surface area contributed by atoms with Gasteiger partial charge in [0.15, 0.2) is 5.69 Å². The minimum Gasteiger partial charge on any atom is -0.506 e. The van der Waals surface area contributed by atoms with Crippen LogP contribution in [0.5, 0.6) is 11.5 Å². The average molecular weight is 335 g/mol. The van der Waals surface area contributed by atoms with Gasteiger partial charge in [-0.2, -0.15) is 8.78 Å². The zero-order valence-corrected chi connectivity index (χ0v) is 14.1. The lowest BCUT2D eigenvalue weighted by Crippen LogP contribution is -2.15. The Balaban J connectivity index is 1.72. The fraction of sp³-hybridized carbons (Fsp3) is 0.526. The van der Waals surface area contributed by atoms with Crippen LogP contribution in [-0.4, -0.2) is 17.2 Å². The van der Waals surface area contributed by atoms with E-state index in [9.17, 15) is 13.9 Å². The van der Waals surface area contributed by atoms with Gasteiger partial charge < -0.3 is 9.84 Å². The van der Waals surface area contributed by atoms with E-state index in [1.165, 1.54) is 19.6 Å². The van der Waals surface area contributed by atoms with Crippen LogP contribution in [0.3, 0.4) is 0 Å². The second kappa shape index (κ2) is 6.54. The van der Waals surface area contributed by atoms with Gasteiger partial charge in [-0.3, -0.25) is 0 Å². The monoisotopic (exact) mass is 335 g/mol. The van der Waals surface area contributed by atoms with E-state index in [1.54, 1.807) is 18.2 Å². The number of ether oxygens (including phenoxy) is 1. The molecule has 0 bridgehead atoms. The van der Waals surface area contributed by atoms with E-state index in [4.69, 9.17) is 4.74 Å². The summed E-state index contributed by atoms with van der Waals surface area (Å²) in [6, 6.07) is 6.30. The number of benzene rings is 1. The molecule has 3 nitrogen and oxygen atoms in total. The molecule has 1 heterocycles. The molecular formula is C19H23F2NO2. The molecule has 3 rings (SSSR count). The first-order valence-corrected chi connectivity index (χ1v) is 8.47. The highest BCUT2D eigenvalue weighted by Gasteiger charge is 2.37. The van der Waals surface area contributed by atoms with Gasteiger partial charge in [0.05, 0.1) is 12.6 Å². The molecule has 0 radical (unpaired) electrons.